The van der Waals surface area contributed by atoms with Gasteiger partial charge in [-0.1, -0.05) is 19.9 Å². The molecule has 2 rings (SSSR count). The third-order valence-corrected chi connectivity index (χ3v) is 3.31. The van der Waals surface area contributed by atoms with Gasteiger partial charge in [-0.2, -0.15) is 0 Å². The lowest BCUT2D eigenvalue weighted by atomic mass is 9.84. The standard InChI is InChI=1S/C15H20N2O/c1-15(2,10-16)8-11-4-5-14(18-3)12-6-7-17-9-13(11)12/h4-7,9H,8,10,16H2,1-3H3. The number of hydrogen-bond donors (Lipinski definition) is 1. The lowest BCUT2D eigenvalue weighted by molar-refractivity contribution is 0.377. The minimum Gasteiger partial charge on any atom is -0.496 e. The van der Waals surface area contributed by atoms with Gasteiger partial charge in [-0.3, -0.25) is 4.98 Å². The predicted molar refractivity (Wildman–Crippen MR) is 74.8 cm³/mol. The molecule has 0 amide bonds. The molecule has 1 aromatic carbocycles. The predicted octanol–water partition coefficient (Wildman–Crippen LogP) is 2.77. The van der Waals surface area contributed by atoms with E-state index in [-0.39, 0.29) is 5.41 Å². The summed E-state index contributed by atoms with van der Waals surface area (Å²) in [6.07, 6.45) is 4.64. The molecule has 2 N–H and O–H groups in total. The van der Waals surface area contributed by atoms with Crippen molar-refractivity contribution in [3.8, 4) is 5.75 Å². The van der Waals surface area contributed by atoms with Crippen LogP contribution in [0.4, 0.5) is 0 Å². The summed E-state index contributed by atoms with van der Waals surface area (Å²) in [4.78, 5) is 4.22. The molecule has 0 aliphatic carbocycles. The highest BCUT2D eigenvalue weighted by atomic mass is 16.5. The number of hydrogen-bond acceptors (Lipinski definition) is 3. The van der Waals surface area contributed by atoms with E-state index in [0.717, 1.165) is 22.9 Å². The zero-order valence-electron chi connectivity index (χ0n) is 11.2. The molecule has 0 atom stereocenters. The SMILES string of the molecule is COc1ccc(CC(C)(C)CN)c2cnccc12. The number of methoxy groups -OCH3 is 1. The number of pyridine rings is 1. The van der Waals surface area contributed by atoms with Crippen molar-refractivity contribution in [3.63, 3.8) is 0 Å². The van der Waals surface area contributed by atoms with Crippen LogP contribution in [0.15, 0.2) is 30.6 Å². The summed E-state index contributed by atoms with van der Waals surface area (Å²) in [5, 5.41) is 2.26. The van der Waals surface area contributed by atoms with Gasteiger partial charge in [-0.25, -0.2) is 0 Å². The summed E-state index contributed by atoms with van der Waals surface area (Å²) < 4.78 is 5.39. The first kappa shape index (κ1) is 12.8. The molecule has 2 aromatic rings. The molecule has 0 fully saturated rings. The van der Waals surface area contributed by atoms with E-state index in [4.69, 9.17) is 10.5 Å². The van der Waals surface area contributed by atoms with Crippen molar-refractivity contribution in [2.45, 2.75) is 20.3 Å². The van der Waals surface area contributed by atoms with Crippen molar-refractivity contribution in [1.82, 2.24) is 4.98 Å². The van der Waals surface area contributed by atoms with E-state index in [1.807, 2.05) is 18.3 Å². The van der Waals surface area contributed by atoms with Crippen LogP contribution in [0.5, 0.6) is 5.75 Å². The van der Waals surface area contributed by atoms with Crippen LogP contribution in [0.3, 0.4) is 0 Å². The Balaban J connectivity index is 2.53. The number of benzene rings is 1. The van der Waals surface area contributed by atoms with Gasteiger partial charge in [0.2, 0.25) is 0 Å². The average Bonchev–Trinajstić information content (AvgIpc) is 2.39. The Labute approximate surface area is 108 Å². The first-order chi connectivity index (χ1) is 8.57. The molecule has 0 aliphatic rings. The molecule has 0 radical (unpaired) electrons. The molecule has 18 heavy (non-hydrogen) atoms. The van der Waals surface area contributed by atoms with Crippen molar-refractivity contribution in [3.05, 3.63) is 36.2 Å². The largest absolute Gasteiger partial charge is 0.496 e. The molecule has 3 heteroatoms. The van der Waals surface area contributed by atoms with E-state index < -0.39 is 0 Å². The summed E-state index contributed by atoms with van der Waals surface area (Å²) in [6.45, 7) is 5.03. The second kappa shape index (κ2) is 4.94. The van der Waals surface area contributed by atoms with Crippen LogP contribution in [0.2, 0.25) is 0 Å². The third-order valence-electron chi connectivity index (χ3n) is 3.31. The molecule has 1 heterocycles. The highest BCUT2D eigenvalue weighted by Gasteiger charge is 2.18. The molecule has 0 saturated carbocycles. The number of nitrogens with zero attached hydrogens (tertiary/aromatic N) is 1. The fraction of sp³-hybridized carbons (Fsp3) is 0.400. The van der Waals surface area contributed by atoms with E-state index in [1.165, 1.54) is 5.56 Å². The van der Waals surface area contributed by atoms with Gasteiger partial charge < -0.3 is 10.5 Å². The van der Waals surface area contributed by atoms with Crippen LogP contribution < -0.4 is 10.5 Å². The smallest absolute Gasteiger partial charge is 0.126 e. The first-order valence-corrected chi connectivity index (χ1v) is 6.17. The Morgan fingerprint density at radius 2 is 2.00 bits per heavy atom. The lowest BCUT2D eigenvalue weighted by Gasteiger charge is -2.23. The summed E-state index contributed by atoms with van der Waals surface area (Å²) in [6, 6.07) is 6.12. The molecule has 1 aromatic heterocycles. The Morgan fingerprint density at radius 3 is 2.67 bits per heavy atom. The van der Waals surface area contributed by atoms with Crippen LogP contribution in [0.25, 0.3) is 10.8 Å². The quantitative estimate of drug-likeness (QED) is 0.899. The molecule has 0 bridgehead atoms. The molecule has 0 aliphatic heterocycles. The minimum absolute atomic E-state index is 0.0946. The maximum atomic E-state index is 5.81. The van der Waals surface area contributed by atoms with Crippen molar-refractivity contribution in [2.24, 2.45) is 11.1 Å². The molecule has 0 saturated heterocycles. The normalized spacial score (nSPS) is 11.8. The van der Waals surface area contributed by atoms with Crippen molar-refractivity contribution in [1.29, 1.82) is 0 Å². The zero-order valence-corrected chi connectivity index (χ0v) is 11.2. The fourth-order valence-corrected chi connectivity index (χ4v) is 2.14. The molecule has 3 nitrogen and oxygen atoms in total. The van der Waals surface area contributed by atoms with Crippen molar-refractivity contribution in [2.75, 3.05) is 13.7 Å². The highest BCUT2D eigenvalue weighted by molar-refractivity contribution is 5.90. The van der Waals surface area contributed by atoms with Crippen molar-refractivity contribution >= 4 is 10.8 Å². The van der Waals surface area contributed by atoms with Gasteiger partial charge in [-0.15, -0.1) is 0 Å². The molecule has 0 unspecified atom stereocenters. The molecular formula is C15H20N2O. The fourth-order valence-electron chi connectivity index (χ4n) is 2.14. The van der Waals surface area contributed by atoms with E-state index in [2.05, 4.69) is 24.9 Å². The van der Waals surface area contributed by atoms with Gasteiger partial charge in [0, 0.05) is 23.2 Å². The number of ether oxygens (including phenoxy) is 1. The van der Waals surface area contributed by atoms with Gasteiger partial charge >= 0.3 is 0 Å². The van der Waals surface area contributed by atoms with Crippen LogP contribution in [0.1, 0.15) is 19.4 Å². The number of aromatic nitrogens is 1. The Hall–Kier alpha value is -1.61. The van der Waals surface area contributed by atoms with Gasteiger partial charge in [0.05, 0.1) is 7.11 Å². The third kappa shape index (κ3) is 2.46. The van der Waals surface area contributed by atoms with Crippen molar-refractivity contribution < 1.29 is 4.74 Å². The van der Waals surface area contributed by atoms with Gasteiger partial charge in [-0.05, 0) is 36.1 Å². The van der Waals surface area contributed by atoms with E-state index in [9.17, 15) is 0 Å². The second-order valence-electron chi connectivity index (χ2n) is 5.39. The van der Waals surface area contributed by atoms with Crippen LogP contribution in [-0.4, -0.2) is 18.6 Å². The minimum atomic E-state index is 0.0946. The van der Waals surface area contributed by atoms with Crippen LogP contribution in [-0.2, 0) is 6.42 Å². The van der Waals surface area contributed by atoms with Gasteiger partial charge in [0.15, 0.2) is 0 Å². The summed E-state index contributed by atoms with van der Waals surface area (Å²) in [5.74, 6) is 0.890. The Bertz CT molecular complexity index is 549. The van der Waals surface area contributed by atoms with Gasteiger partial charge in [0.25, 0.3) is 0 Å². The Morgan fingerprint density at radius 1 is 1.22 bits per heavy atom. The summed E-state index contributed by atoms with van der Waals surface area (Å²) >= 11 is 0. The van der Waals surface area contributed by atoms with Crippen LogP contribution >= 0.6 is 0 Å². The Kier molecular flexibility index (Phi) is 3.53. The molecule has 96 valence electrons. The maximum Gasteiger partial charge on any atom is 0.126 e. The number of fused-ring (bicyclic) bond motifs is 1. The van der Waals surface area contributed by atoms with Gasteiger partial charge in [0.1, 0.15) is 5.75 Å². The first-order valence-electron chi connectivity index (χ1n) is 6.17. The van der Waals surface area contributed by atoms with Crippen LogP contribution in [0, 0.1) is 5.41 Å². The number of nitrogens with two attached hydrogens (primary N) is 1. The summed E-state index contributed by atoms with van der Waals surface area (Å²) in [5.41, 5.74) is 7.18. The van der Waals surface area contributed by atoms with E-state index in [1.54, 1.807) is 13.3 Å². The highest BCUT2D eigenvalue weighted by Crippen LogP contribution is 2.31. The molecular weight excluding hydrogens is 224 g/mol. The lowest BCUT2D eigenvalue weighted by Crippen LogP contribution is -2.26. The topological polar surface area (TPSA) is 48.1 Å². The zero-order chi connectivity index (χ0) is 13.2. The average molecular weight is 244 g/mol. The maximum absolute atomic E-state index is 5.81. The molecule has 0 spiro atoms. The summed E-state index contributed by atoms with van der Waals surface area (Å²) in [7, 11) is 1.69. The number of rotatable bonds is 4. The second-order valence-corrected chi connectivity index (χ2v) is 5.39. The van der Waals surface area contributed by atoms with E-state index in [0.29, 0.717) is 6.54 Å². The van der Waals surface area contributed by atoms with E-state index >= 15 is 0 Å². The monoisotopic (exact) mass is 244 g/mol.